The van der Waals surface area contributed by atoms with Crippen molar-refractivity contribution in [1.82, 2.24) is 4.90 Å². The van der Waals surface area contributed by atoms with Gasteiger partial charge in [0.05, 0.1) is 4.47 Å². The Kier molecular flexibility index (Phi) is 4.54. The molecule has 2 N–H and O–H groups in total. The molecular weight excluding hydrogens is 283 g/mol. The molecule has 0 amide bonds. The highest BCUT2D eigenvalue weighted by Gasteiger charge is 2.21. The van der Waals surface area contributed by atoms with Crippen molar-refractivity contribution in [1.29, 1.82) is 0 Å². The maximum absolute atomic E-state index is 13.4. The predicted molar refractivity (Wildman–Crippen MR) is 71.2 cm³/mol. The number of halogens is 2. The summed E-state index contributed by atoms with van der Waals surface area (Å²) in [5, 5.41) is 0. The third kappa shape index (κ3) is 3.27. The summed E-state index contributed by atoms with van der Waals surface area (Å²) >= 11 is 3.17. The minimum Gasteiger partial charge on any atom is -0.329 e. The van der Waals surface area contributed by atoms with Gasteiger partial charge in [-0.2, -0.15) is 0 Å². The molecule has 94 valence electrons. The standard InChI is InChI=1S/C13H18BrFN2/c14-12-5-4-10(7-13(12)15)9-17-6-2-1-3-11(17)8-16/h4-5,7,11H,1-3,6,8-9,16H2. The van der Waals surface area contributed by atoms with Crippen LogP contribution in [0.5, 0.6) is 0 Å². The lowest BCUT2D eigenvalue weighted by atomic mass is 10.0. The summed E-state index contributed by atoms with van der Waals surface area (Å²) in [5.74, 6) is -0.191. The van der Waals surface area contributed by atoms with E-state index in [0.717, 1.165) is 25.1 Å². The third-order valence-corrected chi connectivity index (χ3v) is 4.03. The molecule has 1 fully saturated rings. The summed E-state index contributed by atoms with van der Waals surface area (Å²) in [6.45, 7) is 2.56. The molecule has 1 aliphatic rings. The van der Waals surface area contributed by atoms with Crippen LogP contribution in [0.2, 0.25) is 0 Å². The van der Waals surface area contributed by atoms with E-state index in [0.29, 0.717) is 17.1 Å². The van der Waals surface area contributed by atoms with Crippen molar-refractivity contribution in [3.63, 3.8) is 0 Å². The van der Waals surface area contributed by atoms with Crippen molar-refractivity contribution >= 4 is 15.9 Å². The van der Waals surface area contributed by atoms with Crippen LogP contribution in [0.1, 0.15) is 24.8 Å². The molecule has 1 unspecified atom stereocenters. The van der Waals surface area contributed by atoms with Gasteiger partial charge in [0.15, 0.2) is 0 Å². The van der Waals surface area contributed by atoms with Gasteiger partial charge in [-0.05, 0) is 53.0 Å². The molecule has 0 radical (unpaired) electrons. The van der Waals surface area contributed by atoms with Gasteiger partial charge in [0, 0.05) is 19.1 Å². The molecule has 17 heavy (non-hydrogen) atoms. The van der Waals surface area contributed by atoms with E-state index in [1.165, 1.54) is 12.8 Å². The summed E-state index contributed by atoms with van der Waals surface area (Å²) < 4.78 is 13.9. The van der Waals surface area contributed by atoms with E-state index in [4.69, 9.17) is 5.73 Å². The van der Waals surface area contributed by atoms with Crippen LogP contribution in [-0.2, 0) is 6.54 Å². The molecule has 0 aliphatic carbocycles. The lowest BCUT2D eigenvalue weighted by molar-refractivity contribution is 0.144. The number of benzene rings is 1. The Morgan fingerprint density at radius 2 is 2.24 bits per heavy atom. The topological polar surface area (TPSA) is 29.3 Å². The second kappa shape index (κ2) is 5.94. The number of hydrogen-bond donors (Lipinski definition) is 1. The van der Waals surface area contributed by atoms with Crippen molar-refractivity contribution in [2.24, 2.45) is 5.73 Å². The maximum Gasteiger partial charge on any atom is 0.137 e. The molecule has 1 atom stereocenters. The van der Waals surface area contributed by atoms with Crippen LogP contribution in [0.4, 0.5) is 4.39 Å². The summed E-state index contributed by atoms with van der Waals surface area (Å²) in [6, 6.07) is 5.80. The smallest absolute Gasteiger partial charge is 0.137 e. The Hall–Kier alpha value is -0.450. The molecule has 0 aromatic heterocycles. The lowest BCUT2D eigenvalue weighted by Gasteiger charge is -2.35. The average molecular weight is 301 g/mol. The molecule has 0 spiro atoms. The first-order valence-corrected chi connectivity index (χ1v) is 6.88. The third-order valence-electron chi connectivity index (χ3n) is 3.39. The Morgan fingerprint density at radius 3 is 2.94 bits per heavy atom. The second-order valence-electron chi connectivity index (χ2n) is 4.60. The molecule has 1 heterocycles. The largest absolute Gasteiger partial charge is 0.329 e. The van der Waals surface area contributed by atoms with Crippen LogP contribution >= 0.6 is 15.9 Å². The van der Waals surface area contributed by atoms with Crippen LogP contribution in [0.3, 0.4) is 0 Å². The highest BCUT2D eigenvalue weighted by atomic mass is 79.9. The quantitative estimate of drug-likeness (QED) is 0.930. The molecule has 0 bridgehead atoms. The summed E-state index contributed by atoms with van der Waals surface area (Å²) in [7, 11) is 0. The van der Waals surface area contributed by atoms with E-state index < -0.39 is 0 Å². The zero-order chi connectivity index (χ0) is 12.3. The second-order valence-corrected chi connectivity index (χ2v) is 5.46. The normalized spacial score (nSPS) is 21.7. The number of hydrogen-bond acceptors (Lipinski definition) is 2. The SMILES string of the molecule is NCC1CCCCN1Cc1ccc(Br)c(F)c1. The molecular formula is C13H18BrFN2. The van der Waals surface area contributed by atoms with Gasteiger partial charge in [-0.1, -0.05) is 12.5 Å². The first-order valence-electron chi connectivity index (χ1n) is 6.08. The van der Waals surface area contributed by atoms with Gasteiger partial charge >= 0.3 is 0 Å². The maximum atomic E-state index is 13.4. The predicted octanol–water partition coefficient (Wildman–Crippen LogP) is 2.90. The molecule has 1 aromatic carbocycles. The average Bonchev–Trinajstić information content (AvgIpc) is 2.34. The minimum atomic E-state index is -0.191. The summed E-state index contributed by atoms with van der Waals surface area (Å²) in [5.41, 5.74) is 6.80. The van der Waals surface area contributed by atoms with E-state index in [9.17, 15) is 4.39 Å². The molecule has 1 saturated heterocycles. The number of piperidine rings is 1. The molecule has 1 aromatic rings. The van der Waals surface area contributed by atoms with Crippen LogP contribution in [0.25, 0.3) is 0 Å². The Labute approximate surface area is 110 Å². The van der Waals surface area contributed by atoms with Gasteiger partial charge in [-0.3, -0.25) is 4.90 Å². The monoisotopic (exact) mass is 300 g/mol. The van der Waals surface area contributed by atoms with Crippen LogP contribution < -0.4 is 5.73 Å². The van der Waals surface area contributed by atoms with Crippen LogP contribution in [-0.4, -0.2) is 24.0 Å². The Bertz CT molecular complexity index is 384. The summed E-state index contributed by atoms with van der Waals surface area (Å²) in [4.78, 5) is 2.37. The summed E-state index contributed by atoms with van der Waals surface area (Å²) in [6.07, 6.45) is 3.64. The van der Waals surface area contributed by atoms with Crippen molar-refractivity contribution in [2.75, 3.05) is 13.1 Å². The Morgan fingerprint density at radius 1 is 1.41 bits per heavy atom. The molecule has 2 rings (SSSR count). The van der Waals surface area contributed by atoms with Crippen molar-refractivity contribution in [2.45, 2.75) is 31.8 Å². The zero-order valence-electron chi connectivity index (χ0n) is 9.83. The van der Waals surface area contributed by atoms with Crippen molar-refractivity contribution in [3.05, 3.63) is 34.1 Å². The zero-order valence-corrected chi connectivity index (χ0v) is 11.4. The van der Waals surface area contributed by atoms with E-state index in [-0.39, 0.29) is 5.82 Å². The van der Waals surface area contributed by atoms with Gasteiger partial charge in [-0.15, -0.1) is 0 Å². The highest BCUT2D eigenvalue weighted by Crippen LogP contribution is 2.21. The fourth-order valence-electron chi connectivity index (χ4n) is 2.41. The van der Waals surface area contributed by atoms with Crippen LogP contribution in [0, 0.1) is 5.82 Å². The van der Waals surface area contributed by atoms with E-state index in [1.54, 1.807) is 12.1 Å². The first-order chi connectivity index (χ1) is 8.20. The van der Waals surface area contributed by atoms with Crippen LogP contribution in [0.15, 0.2) is 22.7 Å². The lowest BCUT2D eigenvalue weighted by Crippen LogP contribution is -2.43. The van der Waals surface area contributed by atoms with Crippen molar-refractivity contribution < 1.29 is 4.39 Å². The van der Waals surface area contributed by atoms with Crippen molar-refractivity contribution in [3.8, 4) is 0 Å². The number of nitrogens with zero attached hydrogens (tertiary/aromatic N) is 1. The van der Waals surface area contributed by atoms with Gasteiger partial charge < -0.3 is 5.73 Å². The fourth-order valence-corrected chi connectivity index (χ4v) is 2.65. The first kappa shape index (κ1) is 13.0. The number of nitrogens with two attached hydrogens (primary N) is 1. The van der Waals surface area contributed by atoms with E-state index in [2.05, 4.69) is 20.8 Å². The molecule has 0 saturated carbocycles. The van der Waals surface area contributed by atoms with Gasteiger partial charge in [0.2, 0.25) is 0 Å². The Balaban J connectivity index is 2.05. The van der Waals surface area contributed by atoms with Gasteiger partial charge in [-0.25, -0.2) is 4.39 Å². The number of likely N-dealkylation sites (tertiary alicyclic amines) is 1. The van der Waals surface area contributed by atoms with E-state index >= 15 is 0 Å². The molecule has 4 heteroatoms. The van der Waals surface area contributed by atoms with Gasteiger partial charge in [0.25, 0.3) is 0 Å². The molecule has 2 nitrogen and oxygen atoms in total. The number of rotatable bonds is 3. The molecule has 1 aliphatic heterocycles. The van der Waals surface area contributed by atoms with Gasteiger partial charge in [0.1, 0.15) is 5.82 Å². The van der Waals surface area contributed by atoms with E-state index in [1.807, 2.05) is 6.07 Å². The minimum absolute atomic E-state index is 0.191. The highest BCUT2D eigenvalue weighted by molar-refractivity contribution is 9.10. The fraction of sp³-hybridized carbons (Fsp3) is 0.538.